The molecule has 0 aromatic carbocycles. The molecule has 1 saturated carbocycles. The Labute approximate surface area is 154 Å². The van der Waals surface area contributed by atoms with Crippen molar-refractivity contribution in [1.82, 2.24) is 15.2 Å². The molecule has 2 heterocycles. The summed E-state index contributed by atoms with van der Waals surface area (Å²) in [6.45, 7) is 5.30. The second-order valence-corrected chi connectivity index (χ2v) is 7.33. The lowest BCUT2D eigenvalue weighted by molar-refractivity contribution is 0.101. The first-order valence-corrected chi connectivity index (χ1v) is 9.57. The summed E-state index contributed by atoms with van der Waals surface area (Å²) >= 11 is 0. The van der Waals surface area contributed by atoms with Gasteiger partial charge in [0, 0.05) is 23.0 Å². The Kier molecular flexibility index (Phi) is 5.59. The number of ketones is 1. The van der Waals surface area contributed by atoms with Crippen LogP contribution < -0.4 is 5.32 Å². The number of rotatable bonds is 6. The minimum absolute atomic E-state index is 0.0239. The number of hydrogen-bond acceptors (Lipinski definition) is 3. The van der Waals surface area contributed by atoms with Crippen molar-refractivity contribution < 1.29 is 9.59 Å². The van der Waals surface area contributed by atoms with Crippen molar-refractivity contribution in [3.05, 3.63) is 34.3 Å². The van der Waals surface area contributed by atoms with Crippen molar-refractivity contribution in [2.45, 2.75) is 65.7 Å². The molecule has 1 aliphatic carbocycles. The van der Waals surface area contributed by atoms with Gasteiger partial charge in [0.1, 0.15) is 5.69 Å². The Balaban J connectivity index is 1.70. The number of hydrogen-bond donors (Lipinski definition) is 3. The third-order valence-electron chi connectivity index (χ3n) is 5.33. The molecule has 0 radical (unpaired) electrons. The largest absolute Gasteiger partial charge is 0.354 e. The third kappa shape index (κ3) is 3.89. The number of H-pyrrole nitrogens is 2. The first kappa shape index (κ1) is 18.4. The van der Waals surface area contributed by atoms with Gasteiger partial charge in [-0.2, -0.15) is 5.10 Å². The van der Waals surface area contributed by atoms with Gasteiger partial charge in [0.15, 0.2) is 11.6 Å². The molecule has 0 atom stereocenters. The van der Waals surface area contributed by atoms with E-state index in [0.29, 0.717) is 29.4 Å². The zero-order chi connectivity index (χ0) is 18.7. The lowest BCUT2D eigenvalue weighted by Crippen LogP contribution is -2.15. The smallest absolute Gasteiger partial charge is 0.273 e. The Bertz CT molecular complexity index is 797. The fourth-order valence-corrected chi connectivity index (χ4v) is 4.11. The van der Waals surface area contributed by atoms with Crippen molar-refractivity contribution in [1.29, 1.82) is 0 Å². The van der Waals surface area contributed by atoms with E-state index in [0.717, 1.165) is 23.4 Å². The number of nitrogens with zero attached hydrogens (tertiary/aromatic N) is 1. The first-order chi connectivity index (χ1) is 12.5. The average Bonchev–Trinajstić information content (AvgIpc) is 3.19. The molecular formula is C20H28N4O2. The Hall–Kier alpha value is -2.37. The number of aromatic amines is 2. The maximum atomic E-state index is 12.7. The van der Waals surface area contributed by atoms with Crippen molar-refractivity contribution in [3.8, 4) is 0 Å². The highest BCUT2D eigenvalue weighted by Gasteiger charge is 2.22. The summed E-state index contributed by atoms with van der Waals surface area (Å²) in [5.74, 6) is 0.959. The van der Waals surface area contributed by atoms with Gasteiger partial charge in [-0.05, 0) is 38.2 Å². The van der Waals surface area contributed by atoms with E-state index in [1.807, 2.05) is 19.9 Å². The standard InChI is InChI=1S/C20H28N4O2/c1-4-16-18(13(3)25)12(2)21-19(16)20(26)22-17-11-15(23-24-17)10-14-8-6-5-7-9-14/h11,14,21H,4-10H2,1-3H3,(H2,22,23,24,26). The number of amides is 1. The van der Waals surface area contributed by atoms with E-state index in [2.05, 4.69) is 20.5 Å². The molecule has 2 aromatic rings. The predicted octanol–water partition coefficient (Wildman–Crippen LogP) is 4.19. The van der Waals surface area contributed by atoms with Gasteiger partial charge in [-0.3, -0.25) is 14.7 Å². The lowest BCUT2D eigenvalue weighted by Gasteiger charge is -2.20. The van der Waals surface area contributed by atoms with Crippen LogP contribution in [0.2, 0.25) is 0 Å². The Morgan fingerprint density at radius 3 is 2.65 bits per heavy atom. The van der Waals surface area contributed by atoms with Crippen LogP contribution >= 0.6 is 0 Å². The summed E-state index contributed by atoms with van der Waals surface area (Å²) in [7, 11) is 0. The Morgan fingerprint density at radius 2 is 2.00 bits per heavy atom. The molecule has 0 saturated heterocycles. The molecule has 0 spiro atoms. The minimum atomic E-state index is -0.256. The summed E-state index contributed by atoms with van der Waals surface area (Å²) in [4.78, 5) is 27.6. The van der Waals surface area contributed by atoms with Crippen molar-refractivity contribution in [3.63, 3.8) is 0 Å². The topological polar surface area (TPSA) is 90.6 Å². The number of Topliss-reactive ketones (excluding diaryl/α,β-unsaturated/α-hetero) is 1. The first-order valence-electron chi connectivity index (χ1n) is 9.57. The fraction of sp³-hybridized carbons (Fsp3) is 0.550. The second kappa shape index (κ2) is 7.89. The molecule has 6 heteroatoms. The van der Waals surface area contributed by atoms with Gasteiger partial charge in [0.25, 0.3) is 5.91 Å². The van der Waals surface area contributed by atoms with E-state index in [9.17, 15) is 9.59 Å². The number of carbonyl (C=O) groups excluding carboxylic acids is 2. The van der Waals surface area contributed by atoms with Crippen LogP contribution in [0.15, 0.2) is 6.07 Å². The van der Waals surface area contributed by atoms with E-state index in [1.165, 1.54) is 39.0 Å². The van der Waals surface area contributed by atoms with Gasteiger partial charge < -0.3 is 10.3 Å². The van der Waals surface area contributed by atoms with Gasteiger partial charge in [-0.15, -0.1) is 0 Å². The zero-order valence-corrected chi connectivity index (χ0v) is 15.9. The van der Waals surface area contributed by atoms with Crippen LogP contribution in [0, 0.1) is 12.8 Å². The molecule has 140 valence electrons. The SMILES string of the molecule is CCc1c(C(=O)Nc2cc(CC3CCCCC3)[nH]n2)[nH]c(C)c1C(C)=O. The lowest BCUT2D eigenvalue weighted by atomic mass is 9.86. The molecule has 3 rings (SSSR count). The quantitative estimate of drug-likeness (QED) is 0.678. The molecule has 0 unspecified atom stereocenters. The normalized spacial score (nSPS) is 15.2. The van der Waals surface area contributed by atoms with Crippen molar-refractivity contribution in [2.75, 3.05) is 5.32 Å². The molecule has 26 heavy (non-hydrogen) atoms. The molecule has 0 aliphatic heterocycles. The second-order valence-electron chi connectivity index (χ2n) is 7.33. The van der Waals surface area contributed by atoms with Crippen molar-refractivity contribution >= 4 is 17.5 Å². The summed E-state index contributed by atoms with van der Waals surface area (Å²) in [5, 5.41) is 10.1. The third-order valence-corrected chi connectivity index (χ3v) is 5.33. The van der Waals surface area contributed by atoms with Gasteiger partial charge in [0.05, 0.1) is 0 Å². The summed E-state index contributed by atoms with van der Waals surface area (Å²) in [6.07, 6.45) is 8.12. The van der Waals surface area contributed by atoms with Gasteiger partial charge in [-0.1, -0.05) is 39.0 Å². The minimum Gasteiger partial charge on any atom is -0.354 e. The summed E-state index contributed by atoms with van der Waals surface area (Å²) < 4.78 is 0. The molecule has 1 fully saturated rings. The van der Waals surface area contributed by atoms with Crippen LogP contribution in [-0.4, -0.2) is 26.9 Å². The molecular weight excluding hydrogens is 328 g/mol. The van der Waals surface area contributed by atoms with E-state index in [4.69, 9.17) is 0 Å². The van der Waals surface area contributed by atoms with Gasteiger partial charge in [-0.25, -0.2) is 0 Å². The molecule has 1 aliphatic rings. The van der Waals surface area contributed by atoms with E-state index in [1.54, 1.807) is 0 Å². The van der Waals surface area contributed by atoms with Gasteiger partial charge in [0.2, 0.25) is 0 Å². The van der Waals surface area contributed by atoms with Crippen LogP contribution in [0.3, 0.4) is 0 Å². The maximum absolute atomic E-state index is 12.7. The highest BCUT2D eigenvalue weighted by molar-refractivity contribution is 6.07. The molecule has 1 amide bonds. The highest BCUT2D eigenvalue weighted by atomic mass is 16.2. The molecule has 3 N–H and O–H groups in total. The summed E-state index contributed by atoms with van der Waals surface area (Å²) in [5.41, 5.74) is 3.64. The van der Waals surface area contributed by atoms with E-state index < -0.39 is 0 Å². The summed E-state index contributed by atoms with van der Waals surface area (Å²) in [6, 6.07) is 1.92. The molecule has 2 aromatic heterocycles. The number of carbonyl (C=O) groups is 2. The number of nitrogens with one attached hydrogen (secondary N) is 3. The van der Waals surface area contributed by atoms with Crippen molar-refractivity contribution in [2.24, 2.45) is 5.92 Å². The highest BCUT2D eigenvalue weighted by Crippen LogP contribution is 2.27. The van der Waals surface area contributed by atoms with Crippen LogP contribution in [0.5, 0.6) is 0 Å². The number of aromatic nitrogens is 3. The van der Waals surface area contributed by atoms with Crippen LogP contribution in [0.25, 0.3) is 0 Å². The van der Waals surface area contributed by atoms with Gasteiger partial charge >= 0.3 is 0 Å². The van der Waals surface area contributed by atoms with Crippen LogP contribution in [0.4, 0.5) is 5.82 Å². The van der Waals surface area contributed by atoms with E-state index in [-0.39, 0.29) is 11.7 Å². The van der Waals surface area contributed by atoms with Crippen LogP contribution in [0.1, 0.15) is 83.7 Å². The number of aryl methyl sites for hydroxylation is 1. The monoisotopic (exact) mass is 356 g/mol. The van der Waals surface area contributed by atoms with E-state index >= 15 is 0 Å². The fourth-order valence-electron chi connectivity index (χ4n) is 4.11. The maximum Gasteiger partial charge on any atom is 0.273 e. The average molecular weight is 356 g/mol. The molecule has 6 nitrogen and oxygen atoms in total. The van der Waals surface area contributed by atoms with Crippen LogP contribution in [-0.2, 0) is 12.8 Å². The predicted molar refractivity (Wildman–Crippen MR) is 102 cm³/mol. The number of anilines is 1. The zero-order valence-electron chi connectivity index (χ0n) is 15.9. The molecule has 0 bridgehead atoms. The Morgan fingerprint density at radius 1 is 1.27 bits per heavy atom.